The maximum absolute atomic E-state index is 12.5. The van der Waals surface area contributed by atoms with Gasteiger partial charge >= 0.3 is 6.03 Å². The van der Waals surface area contributed by atoms with Gasteiger partial charge in [-0.3, -0.25) is 4.79 Å². The third-order valence-electron chi connectivity index (χ3n) is 4.74. The molecule has 0 saturated carbocycles. The van der Waals surface area contributed by atoms with Gasteiger partial charge in [0.2, 0.25) is 5.91 Å². The number of hydrogen-bond acceptors (Lipinski definition) is 4. The molecule has 1 aliphatic rings. The summed E-state index contributed by atoms with van der Waals surface area (Å²) >= 11 is 0. The molecule has 1 aliphatic heterocycles. The lowest BCUT2D eigenvalue weighted by Crippen LogP contribution is -2.35. The van der Waals surface area contributed by atoms with Crippen molar-refractivity contribution in [3.63, 3.8) is 0 Å². The van der Waals surface area contributed by atoms with Crippen LogP contribution in [0.15, 0.2) is 36.4 Å². The molecule has 1 heterocycles. The van der Waals surface area contributed by atoms with E-state index in [0.717, 1.165) is 24.1 Å². The number of carbonyl (C=O) groups excluding carboxylic acids is 2. The van der Waals surface area contributed by atoms with Gasteiger partial charge in [-0.25, -0.2) is 4.79 Å². The van der Waals surface area contributed by atoms with Crippen molar-refractivity contribution in [2.75, 3.05) is 36.3 Å². The Morgan fingerprint density at radius 2 is 1.86 bits per heavy atom. The molecule has 0 spiro atoms. The second kappa shape index (κ2) is 8.65. The predicted octanol–water partition coefficient (Wildman–Crippen LogP) is 4.17. The van der Waals surface area contributed by atoms with Gasteiger partial charge < -0.3 is 25.0 Å². The molecule has 0 radical (unpaired) electrons. The van der Waals surface area contributed by atoms with Gasteiger partial charge in [0, 0.05) is 30.4 Å². The van der Waals surface area contributed by atoms with Crippen LogP contribution in [0.1, 0.15) is 24.8 Å². The molecule has 7 heteroatoms. The molecule has 0 atom stereocenters. The zero-order chi connectivity index (χ0) is 20.1. The van der Waals surface area contributed by atoms with Gasteiger partial charge in [-0.1, -0.05) is 6.07 Å². The fourth-order valence-corrected chi connectivity index (χ4v) is 3.22. The minimum atomic E-state index is -0.400. The van der Waals surface area contributed by atoms with E-state index in [2.05, 4.69) is 10.6 Å². The molecule has 7 nitrogen and oxygen atoms in total. The monoisotopic (exact) mass is 383 g/mol. The highest BCUT2D eigenvalue weighted by molar-refractivity contribution is 6.02. The lowest BCUT2D eigenvalue weighted by atomic mass is 10.1. The Balaban J connectivity index is 1.74. The van der Waals surface area contributed by atoms with Crippen molar-refractivity contribution in [3.05, 3.63) is 42.0 Å². The molecule has 1 saturated heterocycles. The second-order valence-corrected chi connectivity index (χ2v) is 6.65. The van der Waals surface area contributed by atoms with Crippen molar-refractivity contribution in [2.45, 2.75) is 26.2 Å². The number of rotatable bonds is 5. The zero-order valence-corrected chi connectivity index (χ0v) is 16.4. The van der Waals surface area contributed by atoms with Crippen molar-refractivity contribution in [2.24, 2.45) is 0 Å². The molecular weight excluding hydrogens is 358 g/mol. The number of hydrogen-bond donors (Lipinski definition) is 2. The summed E-state index contributed by atoms with van der Waals surface area (Å²) in [7, 11) is 3.09. The van der Waals surface area contributed by atoms with Crippen LogP contribution in [0.4, 0.5) is 21.9 Å². The first kappa shape index (κ1) is 19.5. The third kappa shape index (κ3) is 4.36. The maximum atomic E-state index is 12.5. The summed E-state index contributed by atoms with van der Waals surface area (Å²) in [5.74, 6) is 1.26. The van der Waals surface area contributed by atoms with Gasteiger partial charge in [0.25, 0.3) is 0 Å². The minimum absolute atomic E-state index is 0.124. The number of benzene rings is 2. The summed E-state index contributed by atoms with van der Waals surface area (Å²) in [5, 5.41) is 5.59. The summed E-state index contributed by atoms with van der Waals surface area (Å²) in [6.45, 7) is 2.67. The zero-order valence-electron chi connectivity index (χ0n) is 16.4. The maximum Gasteiger partial charge on any atom is 0.323 e. The van der Waals surface area contributed by atoms with Gasteiger partial charge in [-0.2, -0.15) is 0 Å². The van der Waals surface area contributed by atoms with E-state index >= 15 is 0 Å². The summed E-state index contributed by atoms with van der Waals surface area (Å²) in [6, 6.07) is 10.3. The van der Waals surface area contributed by atoms with Crippen molar-refractivity contribution in [1.29, 1.82) is 0 Å². The molecule has 28 heavy (non-hydrogen) atoms. The molecule has 2 aromatic rings. The summed E-state index contributed by atoms with van der Waals surface area (Å²) < 4.78 is 10.5. The van der Waals surface area contributed by atoms with Crippen LogP contribution in [0, 0.1) is 6.92 Å². The topological polar surface area (TPSA) is 79.9 Å². The van der Waals surface area contributed by atoms with Crippen molar-refractivity contribution in [3.8, 4) is 11.5 Å². The number of urea groups is 1. The van der Waals surface area contributed by atoms with E-state index < -0.39 is 6.03 Å². The van der Waals surface area contributed by atoms with Crippen LogP contribution >= 0.6 is 0 Å². The van der Waals surface area contributed by atoms with E-state index in [4.69, 9.17) is 9.47 Å². The summed E-state index contributed by atoms with van der Waals surface area (Å²) in [5.41, 5.74) is 2.98. The van der Waals surface area contributed by atoms with E-state index in [0.29, 0.717) is 35.8 Å². The fraction of sp³-hybridized carbons (Fsp3) is 0.333. The van der Waals surface area contributed by atoms with E-state index in [1.54, 1.807) is 30.2 Å². The Bertz CT molecular complexity index is 882. The highest BCUT2D eigenvalue weighted by atomic mass is 16.5. The highest BCUT2D eigenvalue weighted by Gasteiger charge is 2.21. The first-order valence-corrected chi connectivity index (χ1v) is 9.23. The van der Waals surface area contributed by atoms with Gasteiger partial charge in [0.1, 0.15) is 11.5 Å². The average Bonchev–Trinajstić information content (AvgIpc) is 2.70. The Labute approximate surface area is 164 Å². The van der Waals surface area contributed by atoms with E-state index in [-0.39, 0.29) is 5.91 Å². The average molecular weight is 383 g/mol. The van der Waals surface area contributed by atoms with Crippen LogP contribution in [0.5, 0.6) is 11.5 Å². The molecule has 3 amide bonds. The molecule has 3 rings (SSSR count). The molecule has 0 bridgehead atoms. The standard InChI is InChI=1S/C21H25N3O4/c1-14-7-8-15(12-18(14)24-11-5-4-6-20(24)25)22-21(26)23-17-10-9-16(27-2)13-19(17)28-3/h7-10,12-13H,4-6,11H2,1-3H3,(H2,22,23,26). The largest absolute Gasteiger partial charge is 0.497 e. The van der Waals surface area contributed by atoms with E-state index in [9.17, 15) is 9.59 Å². The molecular formula is C21H25N3O4. The SMILES string of the molecule is COc1ccc(NC(=O)Nc2ccc(C)c(N3CCCCC3=O)c2)c(OC)c1. The number of nitrogens with one attached hydrogen (secondary N) is 2. The van der Waals surface area contributed by atoms with Crippen molar-refractivity contribution < 1.29 is 19.1 Å². The van der Waals surface area contributed by atoms with Gasteiger partial charge in [-0.15, -0.1) is 0 Å². The van der Waals surface area contributed by atoms with Gasteiger partial charge in [0.05, 0.1) is 19.9 Å². The van der Waals surface area contributed by atoms with E-state index in [1.807, 2.05) is 25.1 Å². The first-order chi connectivity index (χ1) is 13.5. The summed E-state index contributed by atoms with van der Waals surface area (Å²) in [6.07, 6.45) is 2.48. The number of aryl methyl sites for hydroxylation is 1. The smallest absolute Gasteiger partial charge is 0.323 e. The number of carbonyl (C=O) groups is 2. The Hall–Kier alpha value is -3.22. The quantitative estimate of drug-likeness (QED) is 0.812. The van der Waals surface area contributed by atoms with Crippen molar-refractivity contribution in [1.82, 2.24) is 0 Å². The van der Waals surface area contributed by atoms with Crippen LogP contribution in [0.3, 0.4) is 0 Å². The lowest BCUT2D eigenvalue weighted by Gasteiger charge is -2.28. The van der Waals surface area contributed by atoms with E-state index in [1.165, 1.54) is 7.11 Å². The Morgan fingerprint density at radius 1 is 1.04 bits per heavy atom. The number of amides is 3. The Kier molecular flexibility index (Phi) is 6.03. The number of ether oxygens (including phenoxy) is 2. The van der Waals surface area contributed by atoms with Gasteiger partial charge in [-0.05, 0) is 49.6 Å². The lowest BCUT2D eigenvalue weighted by molar-refractivity contribution is -0.119. The number of nitrogens with zero attached hydrogens (tertiary/aromatic N) is 1. The van der Waals surface area contributed by atoms with Crippen LogP contribution in [0.25, 0.3) is 0 Å². The fourth-order valence-electron chi connectivity index (χ4n) is 3.22. The highest BCUT2D eigenvalue weighted by Crippen LogP contribution is 2.30. The minimum Gasteiger partial charge on any atom is -0.497 e. The molecule has 0 unspecified atom stereocenters. The first-order valence-electron chi connectivity index (χ1n) is 9.23. The normalized spacial score (nSPS) is 13.8. The number of piperidine rings is 1. The molecule has 1 fully saturated rings. The van der Waals surface area contributed by atoms with Crippen LogP contribution in [0.2, 0.25) is 0 Å². The number of anilines is 3. The molecule has 2 N–H and O–H groups in total. The molecule has 0 aliphatic carbocycles. The molecule has 0 aromatic heterocycles. The van der Waals surface area contributed by atoms with Crippen LogP contribution in [-0.4, -0.2) is 32.7 Å². The predicted molar refractivity (Wildman–Crippen MR) is 110 cm³/mol. The van der Waals surface area contributed by atoms with Crippen LogP contribution in [-0.2, 0) is 4.79 Å². The Morgan fingerprint density at radius 3 is 2.57 bits per heavy atom. The number of methoxy groups -OCH3 is 2. The van der Waals surface area contributed by atoms with Crippen LogP contribution < -0.4 is 25.0 Å². The van der Waals surface area contributed by atoms with Gasteiger partial charge in [0.15, 0.2) is 0 Å². The molecule has 2 aromatic carbocycles. The third-order valence-corrected chi connectivity index (χ3v) is 4.74. The summed E-state index contributed by atoms with van der Waals surface area (Å²) in [4.78, 5) is 26.5. The molecule has 148 valence electrons. The van der Waals surface area contributed by atoms with Crippen molar-refractivity contribution >= 4 is 29.0 Å². The second-order valence-electron chi connectivity index (χ2n) is 6.65.